The average molecular weight is 333 g/mol. The summed E-state index contributed by atoms with van der Waals surface area (Å²) in [6.45, 7) is 2.07. The largest absolute Gasteiger partial charge is 0.454 e. The molecule has 1 atom stereocenters. The summed E-state index contributed by atoms with van der Waals surface area (Å²) >= 11 is 1.40. The van der Waals surface area contributed by atoms with E-state index in [4.69, 9.17) is 14.2 Å². The van der Waals surface area contributed by atoms with E-state index < -0.39 is 12.1 Å². The molecule has 1 aliphatic rings. The molecule has 7 heteroatoms. The fourth-order valence-corrected chi connectivity index (χ4v) is 2.67. The zero-order chi connectivity index (χ0) is 16.2. The summed E-state index contributed by atoms with van der Waals surface area (Å²) in [6, 6.07) is 7.11. The number of rotatable bonds is 5. The molecule has 0 saturated heterocycles. The molecule has 0 saturated carbocycles. The summed E-state index contributed by atoms with van der Waals surface area (Å²) in [5, 5.41) is 6.19. The van der Waals surface area contributed by atoms with Crippen LogP contribution in [0.4, 0.5) is 0 Å². The van der Waals surface area contributed by atoms with Gasteiger partial charge in [-0.1, -0.05) is 6.07 Å². The third-order valence-corrected chi connectivity index (χ3v) is 4.00. The van der Waals surface area contributed by atoms with Gasteiger partial charge in [0.25, 0.3) is 5.91 Å². The molecule has 23 heavy (non-hydrogen) atoms. The van der Waals surface area contributed by atoms with Crippen LogP contribution >= 0.6 is 11.3 Å². The van der Waals surface area contributed by atoms with E-state index in [1.165, 1.54) is 11.3 Å². The SMILES string of the molecule is CC(OC(=O)c1ccsc1)C(=O)NCc1ccc2c(c1)OCO2. The van der Waals surface area contributed by atoms with E-state index in [9.17, 15) is 9.59 Å². The molecule has 1 aromatic heterocycles. The van der Waals surface area contributed by atoms with Crippen LogP contribution in [0.15, 0.2) is 35.0 Å². The maximum Gasteiger partial charge on any atom is 0.339 e. The highest BCUT2D eigenvalue weighted by Crippen LogP contribution is 2.32. The number of esters is 1. The van der Waals surface area contributed by atoms with E-state index in [1.54, 1.807) is 29.8 Å². The van der Waals surface area contributed by atoms with Gasteiger partial charge in [0, 0.05) is 11.9 Å². The zero-order valence-corrected chi connectivity index (χ0v) is 13.2. The second-order valence-electron chi connectivity index (χ2n) is 4.96. The van der Waals surface area contributed by atoms with Crippen molar-refractivity contribution in [2.45, 2.75) is 19.6 Å². The molecule has 0 radical (unpaired) electrons. The second kappa shape index (κ2) is 6.70. The van der Waals surface area contributed by atoms with Crippen molar-refractivity contribution >= 4 is 23.2 Å². The third kappa shape index (κ3) is 3.62. The number of amides is 1. The molecular formula is C16H15NO5S. The number of hydrogen-bond donors (Lipinski definition) is 1. The normalized spacial score (nSPS) is 13.4. The minimum Gasteiger partial charge on any atom is -0.454 e. The Morgan fingerprint density at radius 2 is 2.13 bits per heavy atom. The summed E-state index contributed by atoms with van der Waals surface area (Å²) in [6.07, 6.45) is -0.864. The van der Waals surface area contributed by atoms with Crippen molar-refractivity contribution in [3.05, 3.63) is 46.2 Å². The Bertz CT molecular complexity index is 713. The highest BCUT2D eigenvalue weighted by molar-refractivity contribution is 7.08. The van der Waals surface area contributed by atoms with Gasteiger partial charge in [0.2, 0.25) is 6.79 Å². The van der Waals surface area contributed by atoms with Crippen molar-refractivity contribution in [3.8, 4) is 11.5 Å². The van der Waals surface area contributed by atoms with Crippen LogP contribution < -0.4 is 14.8 Å². The van der Waals surface area contributed by atoms with Crippen LogP contribution in [0.25, 0.3) is 0 Å². The molecule has 1 unspecified atom stereocenters. The molecule has 1 N–H and O–H groups in total. The van der Waals surface area contributed by atoms with E-state index in [2.05, 4.69) is 5.32 Å². The van der Waals surface area contributed by atoms with Crippen LogP contribution in [0, 0.1) is 0 Å². The Hall–Kier alpha value is -2.54. The Labute approximate surface area is 137 Å². The molecule has 6 nitrogen and oxygen atoms in total. The Balaban J connectivity index is 1.51. The Morgan fingerprint density at radius 1 is 1.30 bits per heavy atom. The zero-order valence-electron chi connectivity index (χ0n) is 12.4. The monoisotopic (exact) mass is 333 g/mol. The maximum absolute atomic E-state index is 12.0. The molecule has 1 amide bonds. The summed E-state index contributed by atoms with van der Waals surface area (Å²) in [4.78, 5) is 23.8. The molecule has 120 valence electrons. The van der Waals surface area contributed by atoms with Crippen molar-refractivity contribution in [2.24, 2.45) is 0 Å². The van der Waals surface area contributed by atoms with Crippen molar-refractivity contribution < 1.29 is 23.8 Å². The number of carbonyl (C=O) groups excluding carboxylic acids is 2. The number of ether oxygens (including phenoxy) is 3. The summed E-state index contributed by atoms with van der Waals surface area (Å²) < 4.78 is 15.6. The lowest BCUT2D eigenvalue weighted by molar-refractivity contribution is -0.129. The molecular weight excluding hydrogens is 318 g/mol. The minimum atomic E-state index is -0.864. The van der Waals surface area contributed by atoms with E-state index in [0.29, 0.717) is 23.6 Å². The number of hydrogen-bond acceptors (Lipinski definition) is 6. The van der Waals surface area contributed by atoms with Gasteiger partial charge in [-0.25, -0.2) is 4.79 Å². The van der Waals surface area contributed by atoms with Crippen LogP contribution in [-0.4, -0.2) is 24.8 Å². The minimum absolute atomic E-state index is 0.209. The lowest BCUT2D eigenvalue weighted by Crippen LogP contribution is -2.35. The predicted octanol–water partition coefficient (Wildman–Crippen LogP) is 2.34. The molecule has 1 aromatic carbocycles. The highest BCUT2D eigenvalue weighted by atomic mass is 32.1. The standard InChI is InChI=1S/C16H15NO5S/c1-10(22-16(19)12-4-5-23-8-12)15(18)17-7-11-2-3-13-14(6-11)21-9-20-13/h2-6,8,10H,7,9H2,1H3,(H,17,18). The van der Waals surface area contributed by atoms with Crippen LogP contribution in [0.2, 0.25) is 0 Å². The van der Waals surface area contributed by atoms with Gasteiger partial charge >= 0.3 is 5.97 Å². The lowest BCUT2D eigenvalue weighted by Gasteiger charge is -2.13. The molecule has 1 aliphatic heterocycles. The fraction of sp³-hybridized carbons (Fsp3) is 0.250. The maximum atomic E-state index is 12.0. The summed E-state index contributed by atoms with van der Waals surface area (Å²) in [5.41, 5.74) is 1.32. The van der Waals surface area contributed by atoms with E-state index >= 15 is 0 Å². The number of fused-ring (bicyclic) bond motifs is 1. The van der Waals surface area contributed by atoms with Gasteiger partial charge in [-0.2, -0.15) is 11.3 Å². The van der Waals surface area contributed by atoms with Crippen molar-refractivity contribution in [1.29, 1.82) is 0 Å². The number of thiophene rings is 1. The quantitative estimate of drug-likeness (QED) is 0.850. The van der Waals surface area contributed by atoms with Gasteiger partial charge in [0.05, 0.1) is 5.56 Å². The highest BCUT2D eigenvalue weighted by Gasteiger charge is 2.19. The Morgan fingerprint density at radius 3 is 2.91 bits per heavy atom. The van der Waals surface area contributed by atoms with Crippen LogP contribution in [0.3, 0.4) is 0 Å². The molecule has 0 bridgehead atoms. The first kappa shape index (κ1) is 15.4. The number of benzene rings is 1. The second-order valence-corrected chi connectivity index (χ2v) is 5.75. The Kier molecular flexibility index (Phi) is 4.47. The topological polar surface area (TPSA) is 73.9 Å². The molecule has 3 rings (SSSR count). The van der Waals surface area contributed by atoms with Crippen molar-refractivity contribution in [1.82, 2.24) is 5.32 Å². The molecule has 0 spiro atoms. The van der Waals surface area contributed by atoms with Gasteiger partial charge in [-0.3, -0.25) is 4.79 Å². The summed E-state index contributed by atoms with van der Waals surface area (Å²) in [7, 11) is 0. The van der Waals surface area contributed by atoms with Crippen molar-refractivity contribution in [2.75, 3.05) is 6.79 Å². The number of carbonyl (C=O) groups is 2. The first-order chi connectivity index (χ1) is 11.1. The molecule has 0 aliphatic carbocycles. The van der Waals surface area contributed by atoms with E-state index in [1.807, 2.05) is 12.1 Å². The molecule has 2 aromatic rings. The van der Waals surface area contributed by atoms with E-state index in [0.717, 1.165) is 5.56 Å². The van der Waals surface area contributed by atoms with Crippen LogP contribution in [-0.2, 0) is 16.1 Å². The van der Waals surface area contributed by atoms with Crippen LogP contribution in [0.5, 0.6) is 11.5 Å². The number of nitrogens with one attached hydrogen (secondary N) is 1. The van der Waals surface area contributed by atoms with Gasteiger partial charge in [-0.15, -0.1) is 0 Å². The summed E-state index contributed by atoms with van der Waals surface area (Å²) in [5.74, 6) is 0.495. The first-order valence-corrected chi connectivity index (χ1v) is 7.97. The molecule has 0 fully saturated rings. The van der Waals surface area contributed by atoms with Gasteiger partial charge < -0.3 is 19.5 Å². The molecule has 2 heterocycles. The predicted molar refractivity (Wildman–Crippen MR) is 83.6 cm³/mol. The first-order valence-electron chi connectivity index (χ1n) is 7.03. The fourth-order valence-electron chi connectivity index (χ4n) is 2.05. The third-order valence-electron chi connectivity index (χ3n) is 3.31. The van der Waals surface area contributed by atoms with Gasteiger partial charge in [-0.05, 0) is 36.1 Å². The van der Waals surface area contributed by atoms with Gasteiger partial charge in [0.1, 0.15) is 0 Å². The van der Waals surface area contributed by atoms with Crippen LogP contribution in [0.1, 0.15) is 22.8 Å². The lowest BCUT2D eigenvalue weighted by atomic mass is 10.2. The van der Waals surface area contributed by atoms with Crippen molar-refractivity contribution in [3.63, 3.8) is 0 Å². The average Bonchev–Trinajstić information content (AvgIpc) is 3.22. The van der Waals surface area contributed by atoms with E-state index in [-0.39, 0.29) is 12.7 Å². The smallest absolute Gasteiger partial charge is 0.339 e. The van der Waals surface area contributed by atoms with Gasteiger partial charge in [0.15, 0.2) is 17.6 Å².